The Labute approximate surface area is 182 Å². The Balaban J connectivity index is 0.00000218. The summed E-state index contributed by atoms with van der Waals surface area (Å²) in [6.07, 6.45) is 2.27. The zero-order valence-corrected chi connectivity index (χ0v) is 18.0. The van der Waals surface area contributed by atoms with Crippen molar-refractivity contribution in [3.63, 3.8) is 0 Å². The van der Waals surface area contributed by atoms with E-state index in [1.54, 1.807) is 28.0 Å². The van der Waals surface area contributed by atoms with Gasteiger partial charge in [-0.15, -0.1) is 11.3 Å². The molecule has 0 bridgehead atoms. The van der Waals surface area contributed by atoms with Gasteiger partial charge in [0, 0.05) is 41.5 Å². The van der Waals surface area contributed by atoms with E-state index in [4.69, 9.17) is 9.72 Å². The number of thiazole rings is 1. The number of nitro groups is 1. The minimum absolute atomic E-state index is 0. The Morgan fingerprint density at radius 3 is 2.80 bits per heavy atom. The van der Waals surface area contributed by atoms with Crippen molar-refractivity contribution >= 4 is 30.7 Å². The van der Waals surface area contributed by atoms with Crippen LogP contribution in [0.25, 0.3) is 10.6 Å². The third kappa shape index (κ3) is 3.80. The maximum atomic E-state index is 13.2. The van der Waals surface area contributed by atoms with Gasteiger partial charge in [-0.05, 0) is 36.1 Å². The van der Waals surface area contributed by atoms with Crippen molar-refractivity contribution < 1.29 is 14.1 Å². The van der Waals surface area contributed by atoms with Crippen molar-refractivity contribution in [2.24, 2.45) is 0 Å². The molecule has 5 rings (SSSR count). The van der Waals surface area contributed by atoms with Gasteiger partial charge >= 0.3 is 11.8 Å². The van der Waals surface area contributed by atoms with Crippen LogP contribution in [0.1, 0.15) is 17.5 Å². The van der Waals surface area contributed by atoms with Gasteiger partial charge in [0.2, 0.25) is 0 Å². The van der Waals surface area contributed by atoms with Gasteiger partial charge in [0.25, 0.3) is 0 Å². The van der Waals surface area contributed by atoms with Crippen molar-refractivity contribution in [1.82, 2.24) is 19.4 Å². The van der Waals surface area contributed by atoms with Gasteiger partial charge in [0.15, 0.2) is 0 Å². The van der Waals surface area contributed by atoms with Crippen LogP contribution in [0.5, 0.6) is 6.01 Å². The molecule has 2 aliphatic rings. The van der Waals surface area contributed by atoms with Crippen LogP contribution in [-0.2, 0) is 19.5 Å². The standard InChI is InChI=1S/C19H18FN5O3S.H2S/c1-19(11-24-9-16(25(26)27)22-18(24)28-19)10-23-7-6-14-15(8-23)29-17(21-14)12-2-4-13(20)5-3-12;/h2-5,9H,6-8,10-11H2,1H3;1H2/t19-;/m0./s1. The predicted molar refractivity (Wildman–Crippen MR) is 115 cm³/mol. The maximum Gasteiger partial charge on any atom is 0.415 e. The van der Waals surface area contributed by atoms with E-state index in [1.807, 2.05) is 6.92 Å². The Morgan fingerprint density at radius 2 is 2.10 bits per heavy atom. The van der Waals surface area contributed by atoms with E-state index in [0.29, 0.717) is 19.1 Å². The first-order valence-corrected chi connectivity index (χ1v) is 10.1. The second-order valence-electron chi connectivity index (χ2n) is 7.68. The zero-order valence-electron chi connectivity index (χ0n) is 16.2. The number of rotatable bonds is 4. The summed E-state index contributed by atoms with van der Waals surface area (Å²) in [4.78, 5) is 22.6. The van der Waals surface area contributed by atoms with Gasteiger partial charge in [-0.2, -0.15) is 13.5 Å². The molecule has 30 heavy (non-hydrogen) atoms. The van der Waals surface area contributed by atoms with Crippen LogP contribution in [0.2, 0.25) is 0 Å². The molecular weight excluding hydrogens is 429 g/mol. The fourth-order valence-corrected chi connectivity index (χ4v) is 5.09. The smallest absolute Gasteiger partial charge is 0.415 e. The monoisotopic (exact) mass is 449 g/mol. The van der Waals surface area contributed by atoms with Crippen LogP contribution < -0.4 is 4.74 Å². The minimum Gasteiger partial charge on any atom is -0.436 e. The molecule has 1 atom stereocenters. The minimum atomic E-state index is -0.513. The molecular formula is C19H20FN5O3S2. The highest BCUT2D eigenvalue weighted by molar-refractivity contribution is 7.59. The first-order valence-electron chi connectivity index (χ1n) is 9.26. The van der Waals surface area contributed by atoms with Crippen molar-refractivity contribution in [3.05, 3.63) is 57.0 Å². The van der Waals surface area contributed by atoms with Crippen molar-refractivity contribution in [3.8, 4) is 16.6 Å². The lowest BCUT2D eigenvalue weighted by Crippen LogP contribution is -2.46. The molecule has 158 valence electrons. The summed E-state index contributed by atoms with van der Waals surface area (Å²) in [7, 11) is 0. The number of hydrogen-bond acceptors (Lipinski definition) is 7. The van der Waals surface area contributed by atoms with E-state index in [9.17, 15) is 14.5 Å². The zero-order chi connectivity index (χ0) is 20.2. The van der Waals surface area contributed by atoms with E-state index < -0.39 is 10.5 Å². The molecule has 0 radical (unpaired) electrons. The Hall–Kier alpha value is -2.50. The lowest BCUT2D eigenvalue weighted by molar-refractivity contribution is -0.389. The van der Waals surface area contributed by atoms with Gasteiger partial charge in [0.05, 0.1) is 12.2 Å². The van der Waals surface area contributed by atoms with Crippen LogP contribution in [0, 0.1) is 15.9 Å². The van der Waals surface area contributed by atoms with Gasteiger partial charge in [-0.1, -0.05) is 0 Å². The molecule has 0 saturated carbocycles. The Bertz CT molecular complexity index is 1070. The highest BCUT2D eigenvalue weighted by atomic mass is 32.1. The molecule has 0 fully saturated rings. The van der Waals surface area contributed by atoms with Crippen LogP contribution >= 0.6 is 24.8 Å². The van der Waals surface area contributed by atoms with Gasteiger partial charge < -0.3 is 14.9 Å². The maximum absolute atomic E-state index is 13.2. The van der Waals surface area contributed by atoms with E-state index >= 15 is 0 Å². The lowest BCUT2D eigenvalue weighted by atomic mass is 10.0. The van der Waals surface area contributed by atoms with Crippen LogP contribution in [-0.4, -0.2) is 43.0 Å². The molecule has 0 amide bonds. The largest absolute Gasteiger partial charge is 0.436 e. The summed E-state index contributed by atoms with van der Waals surface area (Å²) >= 11 is 1.64. The molecule has 0 N–H and O–H groups in total. The quantitative estimate of drug-likeness (QED) is 0.448. The molecule has 1 aromatic carbocycles. The molecule has 0 aliphatic carbocycles. The molecule has 2 aromatic heterocycles. The second-order valence-corrected chi connectivity index (χ2v) is 8.76. The summed E-state index contributed by atoms with van der Waals surface area (Å²) in [6, 6.07) is 6.71. The fraction of sp³-hybridized carbons (Fsp3) is 0.368. The summed E-state index contributed by atoms with van der Waals surface area (Å²) in [5.74, 6) is -0.445. The van der Waals surface area contributed by atoms with Crippen molar-refractivity contribution in [2.75, 3.05) is 13.1 Å². The summed E-state index contributed by atoms with van der Waals surface area (Å²) in [6.45, 7) is 4.85. The van der Waals surface area contributed by atoms with Gasteiger partial charge in [-0.25, -0.2) is 9.37 Å². The number of nitrogens with zero attached hydrogens (tertiary/aromatic N) is 5. The third-order valence-electron chi connectivity index (χ3n) is 5.22. The van der Waals surface area contributed by atoms with E-state index in [1.165, 1.54) is 23.2 Å². The normalized spacial score (nSPS) is 20.2. The summed E-state index contributed by atoms with van der Waals surface area (Å²) in [5, 5.41) is 11.8. The molecule has 2 aliphatic heterocycles. The molecule has 0 spiro atoms. The average Bonchev–Trinajstić information content (AvgIpc) is 3.33. The number of ether oxygens (including phenoxy) is 1. The molecule has 8 nitrogen and oxygen atoms in total. The van der Waals surface area contributed by atoms with Gasteiger partial charge in [-0.3, -0.25) is 9.47 Å². The first kappa shape index (κ1) is 20.8. The highest BCUT2D eigenvalue weighted by Crippen LogP contribution is 2.35. The van der Waals surface area contributed by atoms with E-state index in [2.05, 4.69) is 9.88 Å². The number of benzene rings is 1. The molecule has 3 aromatic rings. The third-order valence-corrected chi connectivity index (χ3v) is 6.35. The van der Waals surface area contributed by atoms with Gasteiger partial charge in [0.1, 0.15) is 22.6 Å². The molecule has 4 heterocycles. The van der Waals surface area contributed by atoms with E-state index in [0.717, 1.165) is 35.8 Å². The average molecular weight is 450 g/mol. The van der Waals surface area contributed by atoms with Crippen LogP contribution in [0.4, 0.5) is 10.2 Å². The topological polar surface area (TPSA) is 86.3 Å². The summed E-state index contributed by atoms with van der Waals surface area (Å²) in [5.41, 5.74) is 1.54. The number of fused-ring (bicyclic) bond motifs is 2. The van der Waals surface area contributed by atoms with E-state index in [-0.39, 0.29) is 25.1 Å². The predicted octanol–water partition coefficient (Wildman–Crippen LogP) is 3.38. The molecule has 0 saturated heterocycles. The highest BCUT2D eigenvalue weighted by Gasteiger charge is 2.42. The van der Waals surface area contributed by atoms with Crippen LogP contribution in [0.3, 0.4) is 0 Å². The molecule has 0 unspecified atom stereocenters. The van der Waals surface area contributed by atoms with Crippen molar-refractivity contribution in [2.45, 2.75) is 32.0 Å². The SMILES string of the molecule is C[C@]1(CN2CCc3nc(-c4ccc(F)cc4)sc3C2)Cn2cc([N+](=O)[O-])nc2O1.S. The number of aromatic nitrogens is 3. The lowest BCUT2D eigenvalue weighted by Gasteiger charge is -2.32. The summed E-state index contributed by atoms with van der Waals surface area (Å²) < 4.78 is 20.8. The fourth-order valence-electron chi connectivity index (χ4n) is 3.94. The van der Waals surface area contributed by atoms with Crippen LogP contribution in [0.15, 0.2) is 30.5 Å². The Kier molecular flexibility index (Phi) is 5.28. The van der Waals surface area contributed by atoms with Crippen molar-refractivity contribution in [1.29, 1.82) is 0 Å². The Morgan fingerprint density at radius 1 is 1.33 bits per heavy atom. The molecule has 11 heteroatoms. The number of imidazole rings is 1. The first-order chi connectivity index (χ1) is 13.9. The second kappa shape index (κ2) is 7.64. The number of hydrogen-bond donors (Lipinski definition) is 0. The number of halogens is 1.